The van der Waals surface area contributed by atoms with Gasteiger partial charge in [-0.2, -0.15) is 0 Å². The lowest BCUT2D eigenvalue weighted by molar-refractivity contribution is -0.0407. The zero-order valence-electron chi connectivity index (χ0n) is 12.7. The summed E-state index contributed by atoms with van der Waals surface area (Å²) in [4.78, 5) is 16.5. The Morgan fingerprint density at radius 1 is 1.55 bits per heavy atom. The van der Waals surface area contributed by atoms with Crippen LogP contribution < -0.4 is 0 Å². The topological polar surface area (TPSA) is 98.5 Å². The van der Waals surface area contributed by atoms with Crippen LogP contribution in [0.15, 0.2) is 5.11 Å². The molecule has 20 heavy (non-hydrogen) atoms. The third kappa shape index (κ3) is 4.02. The normalized spacial score (nSPS) is 22.1. The smallest absolute Gasteiger partial charge is 0.410 e. The maximum atomic E-state index is 12.2. The summed E-state index contributed by atoms with van der Waals surface area (Å²) < 4.78 is 5.37. The third-order valence-corrected chi connectivity index (χ3v) is 3.52. The molecule has 0 spiro atoms. The number of carbonyl (C=O) groups is 1. The van der Waals surface area contributed by atoms with E-state index in [1.165, 1.54) is 0 Å². The summed E-state index contributed by atoms with van der Waals surface area (Å²) >= 11 is 0. The third-order valence-electron chi connectivity index (χ3n) is 3.52. The first kappa shape index (κ1) is 16.6. The van der Waals surface area contributed by atoms with Crippen LogP contribution in [0.25, 0.3) is 10.4 Å². The van der Waals surface area contributed by atoms with E-state index in [-0.39, 0.29) is 12.6 Å². The van der Waals surface area contributed by atoms with E-state index in [1.54, 1.807) is 4.90 Å². The van der Waals surface area contributed by atoms with Crippen LogP contribution in [-0.4, -0.2) is 46.4 Å². The van der Waals surface area contributed by atoms with Gasteiger partial charge in [-0.05, 0) is 45.6 Å². The van der Waals surface area contributed by atoms with E-state index < -0.39 is 17.3 Å². The second kappa shape index (κ2) is 6.33. The van der Waals surface area contributed by atoms with Crippen LogP contribution in [0.1, 0.15) is 47.0 Å². The molecule has 0 radical (unpaired) electrons. The van der Waals surface area contributed by atoms with Gasteiger partial charge in [0.2, 0.25) is 0 Å². The molecule has 0 unspecified atom stereocenters. The Hall–Kier alpha value is -1.46. The molecule has 1 aliphatic heterocycles. The highest BCUT2D eigenvalue weighted by molar-refractivity contribution is 5.69. The van der Waals surface area contributed by atoms with E-state index >= 15 is 0 Å². The summed E-state index contributed by atoms with van der Waals surface area (Å²) in [5.74, 6) is 0. The number of aliphatic hydroxyl groups is 1. The van der Waals surface area contributed by atoms with Gasteiger partial charge in [-0.25, -0.2) is 4.79 Å². The maximum Gasteiger partial charge on any atom is 0.410 e. The molecule has 1 fully saturated rings. The highest BCUT2D eigenvalue weighted by Gasteiger charge is 2.44. The number of amides is 1. The fraction of sp³-hybridized carbons (Fsp3) is 0.923. The summed E-state index contributed by atoms with van der Waals surface area (Å²) in [6.07, 6.45) is 1.48. The molecule has 0 saturated carbocycles. The molecule has 0 aromatic rings. The number of carbonyl (C=O) groups excluding carboxylic acids is 1. The molecule has 0 aromatic heterocycles. The molecule has 0 aliphatic carbocycles. The molecule has 1 heterocycles. The standard InChI is InChI=1S/C13H24N4O3/c1-5-13(19,9-15-16-14)10-7-6-8-17(10)11(18)20-12(2,3)4/h10,19H,5-9H2,1-4H3/t10-,13-/m0/s1. The van der Waals surface area contributed by atoms with E-state index in [0.29, 0.717) is 19.4 Å². The molecule has 0 aromatic carbocycles. The Morgan fingerprint density at radius 3 is 2.70 bits per heavy atom. The van der Waals surface area contributed by atoms with Crippen molar-refractivity contribution < 1.29 is 14.6 Å². The van der Waals surface area contributed by atoms with Crippen LogP contribution in [0.2, 0.25) is 0 Å². The number of nitrogens with zero attached hydrogens (tertiary/aromatic N) is 4. The van der Waals surface area contributed by atoms with E-state index in [0.717, 1.165) is 6.42 Å². The lowest BCUT2D eigenvalue weighted by Gasteiger charge is -2.38. The Kier molecular flexibility index (Phi) is 5.25. The van der Waals surface area contributed by atoms with Gasteiger partial charge in [-0.3, -0.25) is 0 Å². The van der Waals surface area contributed by atoms with Gasteiger partial charge in [-0.15, -0.1) is 0 Å². The predicted octanol–water partition coefficient (Wildman–Crippen LogP) is 2.84. The van der Waals surface area contributed by atoms with Crippen molar-refractivity contribution >= 4 is 6.09 Å². The highest BCUT2D eigenvalue weighted by Crippen LogP contribution is 2.31. The average molecular weight is 284 g/mol. The van der Waals surface area contributed by atoms with Crippen LogP contribution in [0.3, 0.4) is 0 Å². The highest BCUT2D eigenvalue weighted by atomic mass is 16.6. The Bertz CT molecular complexity index is 401. The fourth-order valence-corrected chi connectivity index (χ4v) is 2.47. The first-order valence-corrected chi connectivity index (χ1v) is 6.96. The van der Waals surface area contributed by atoms with Gasteiger partial charge in [-0.1, -0.05) is 12.0 Å². The molecule has 2 atom stereocenters. The van der Waals surface area contributed by atoms with Gasteiger partial charge >= 0.3 is 6.09 Å². The number of hydrogen-bond donors (Lipinski definition) is 1. The van der Waals surface area contributed by atoms with Crippen molar-refractivity contribution in [3.05, 3.63) is 10.4 Å². The van der Waals surface area contributed by atoms with E-state index in [2.05, 4.69) is 10.0 Å². The molecule has 7 nitrogen and oxygen atoms in total. The van der Waals surface area contributed by atoms with Gasteiger partial charge in [0.05, 0.1) is 18.2 Å². The maximum absolute atomic E-state index is 12.2. The Balaban J connectivity index is 2.87. The van der Waals surface area contributed by atoms with Gasteiger partial charge < -0.3 is 14.7 Å². The summed E-state index contributed by atoms with van der Waals surface area (Å²) in [7, 11) is 0. The van der Waals surface area contributed by atoms with Crippen molar-refractivity contribution in [2.45, 2.75) is 64.2 Å². The Morgan fingerprint density at radius 2 is 2.20 bits per heavy atom. The van der Waals surface area contributed by atoms with E-state index in [9.17, 15) is 9.90 Å². The summed E-state index contributed by atoms with van der Waals surface area (Å²) in [6.45, 7) is 7.76. The van der Waals surface area contributed by atoms with Crippen LogP contribution in [0.5, 0.6) is 0 Å². The fourth-order valence-electron chi connectivity index (χ4n) is 2.47. The molecule has 1 amide bonds. The van der Waals surface area contributed by atoms with Crippen molar-refractivity contribution in [2.24, 2.45) is 5.11 Å². The Labute approximate surface area is 119 Å². The number of azide groups is 1. The number of ether oxygens (including phenoxy) is 1. The molecule has 0 bridgehead atoms. The summed E-state index contributed by atoms with van der Waals surface area (Å²) in [5.41, 5.74) is 6.67. The first-order valence-electron chi connectivity index (χ1n) is 6.96. The van der Waals surface area contributed by atoms with Gasteiger partial charge in [0.15, 0.2) is 0 Å². The van der Waals surface area contributed by atoms with Crippen LogP contribution in [0.4, 0.5) is 4.79 Å². The molecular formula is C13H24N4O3. The molecule has 1 N–H and O–H groups in total. The van der Waals surface area contributed by atoms with Crippen molar-refractivity contribution in [3.8, 4) is 0 Å². The van der Waals surface area contributed by atoms with Crippen molar-refractivity contribution in [2.75, 3.05) is 13.1 Å². The molecule has 1 aliphatic rings. The lowest BCUT2D eigenvalue weighted by atomic mass is 9.89. The van der Waals surface area contributed by atoms with Gasteiger partial charge in [0, 0.05) is 11.5 Å². The minimum atomic E-state index is -1.19. The second-order valence-corrected chi connectivity index (χ2v) is 6.18. The van der Waals surface area contributed by atoms with Crippen molar-refractivity contribution in [3.63, 3.8) is 0 Å². The van der Waals surface area contributed by atoms with E-state index in [1.807, 2.05) is 27.7 Å². The summed E-state index contributed by atoms with van der Waals surface area (Å²) in [6, 6.07) is -0.368. The minimum Gasteiger partial charge on any atom is -0.444 e. The zero-order chi connectivity index (χ0) is 15.4. The SMILES string of the molecule is CC[C@](O)(CN=[N+]=[N-])[C@@H]1CCCN1C(=O)OC(C)(C)C. The molecular weight excluding hydrogens is 260 g/mol. The van der Waals surface area contributed by atoms with Crippen molar-refractivity contribution in [1.29, 1.82) is 0 Å². The van der Waals surface area contributed by atoms with Gasteiger partial charge in [0.25, 0.3) is 0 Å². The minimum absolute atomic E-state index is 0.0377. The first-order chi connectivity index (χ1) is 9.23. The van der Waals surface area contributed by atoms with Crippen LogP contribution >= 0.6 is 0 Å². The van der Waals surface area contributed by atoms with Crippen molar-refractivity contribution in [1.82, 2.24) is 4.90 Å². The second-order valence-electron chi connectivity index (χ2n) is 6.18. The lowest BCUT2D eigenvalue weighted by Crippen LogP contribution is -2.54. The quantitative estimate of drug-likeness (QED) is 0.488. The predicted molar refractivity (Wildman–Crippen MR) is 75.2 cm³/mol. The largest absolute Gasteiger partial charge is 0.444 e. The van der Waals surface area contributed by atoms with E-state index in [4.69, 9.17) is 10.3 Å². The van der Waals surface area contributed by atoms with Crippen LogP contribution in [-0.2, 0) is 4.74 Å². The van der Waals surface area contributed by atoms with Crippen LogP contribution in [0, 0.1) is 0 Å². The number of likely N-dealkylation sites (tertiary alicyclic amines) is 1. The molecule has 1 rings (SSSR count). The molecule has 114 valence electrons. The summed E-state index contributed by atoms with van der Waals surface area (Å²) in [5, 5.41) is 14.1. The number of hydrogen-bond acceptors (Lipinski definition) is 4. The zero-order valence-corrected chi connectivity index (χ0v) is 12.7. The molecule has 7 heteroatoms. The number of rotatable bonds is 4. The molecule has 1 saturated heterocycles. The monoisotopic (exact) mass is 284 g/mol. The van der Waals surface area contributed by atoms with Gasteiger partial charge in [0.1, 0.15) is 5.60 Å². The average Bonchev–Trinajstić information content (AvgIpc) is 2.83.